The third-order valence-electron chi connectivity index (χ3n) is 2.19. The fraction of sp³-hybridized carbons (Fsp3) is 0.636. The SMILES string of the molecule is C=CC1=CCOP1N(C(C)C)C(C)C. The molecule has 0 bridgehead atoms. The minimum atomic E-state index is -0.575. The summed E-state index contributed by atoms with van der Waals surface area (Å²) in [4.78, 5) is 0. The monoisotopic (exact) mass is 213 g/mol. The predicted molar refractivity (Wildman–Crippen MR) is 63.3 cm³/mol. The van der Waals surface area contributed by atoms with Crippen LogP contribution in [0.25, 0.3) is 0 Å². The summed E-state index contributed by atoms with van der Waals surface area (Å²) in [5.74, 6) is 0. The summed E-state index contributed by atoms with van der Waals surface area (Å²) in [6.45, 7) is 13.4. The number of hydrogen-bond donors (Lipinski definition) is 0. The second kappa shape index (κ2) is 5.06. The van der Waals surface area contributed by atoms with Gasteiger partial charge in [0.1, 0.15) is 8.30 Å². The van der Waals surface area contributed by atoms with Crippen molar-refractivity contribution >= 4 is 8.30 Å². The molecule has 1 atom stereocenters. The maximum Gasteiger partial charge on any atom is 0.138 e. The average molecular weight is 213 g/mol. The van der Waals surface area contributed by atoms with Crippen molar-refractivity contribution < 1.29 is 4.52 Å². The average Bonchev–Trinajstić information content (AvgIpc) is 2.51. The van der Waals surface area contributed by atoms with Gasteiger partial charge >= 0.3 is 0 Å². The van der Waals surface area contributed by atoms with E-state index in [1.54, 1.807) is 0 Å². The molecular weight excluding hydrogens is 193 g/mol. The number of allylic oxidation sites excluding steroid dienone is 2. The number of rotatable bonds is 4. The minimum absolute atomic E-state index is 0.516. The molecule has 2 nitrogen and oxygen atoms in total. The molecule has 0 spiro atoms. The van der Waals surface area contributed by atoms with Gasteiger partial charge in [-0.15, -0.1) is 0 Å². The Balaban J connectivity index is 2.79. The lowest BCUT2D eigenvalue weighted by molar-refractivity contribution is 0.277. The van der Waals surface area contributed by atoms with E-state index in [0.717, 1.165) is 6.61 Å². The van der Waals surface area contributed by atoms with E-state index < -0.39 is 8.30 Å². The van der Waals surface area contributed by atoms with Gasteiger partial charge in [0.15, 0.2) is 0 Å². The molecule has 0 aliphatic carbocycles. The lowest BCUT2D eigenvalue weighted by Gasteiger charge is -2.35. The molecule has 1 heterocycles. The molecule has 0 aromatic rings. The summed E-state index contributed by atoms with van der Waals surface area (Å²) in [6.07, 6.45) is 4.06. The first-order valence-electron chi connectivity index (χ1n) is 5.11. The van der Waals surface area contributed by atoms with Crippen LogP contribution in [0.3, 0.4) is 0 Å². The summed E-state index contributed by atoms with van der Waals surface area (Å²) >= 11 is 0. The third-order valence-corrected chi connectivity index (χ3v) is 4.73. The fourth-order valence-electron chi connectivity index (χ4n) is 1.72. The van der Waals surface area contributed by atoms with Gasteiger partial charge in [0.25, 0.3) is 0 Å². The highest BCUT2D eigenvalue weighted by molar-refractivity contribution is 7.55. The molecule has 0 saturated heterocycles. The zero-order chi connectivity index (χ0) is 10.7. The first-order chi connectivity index (χ1) is 6.57. The molecule has 0 amide bonds. The van der Waals surface area contributed by atoms with Crippen molar-refractivity contribution in [2.45, 2.75) is 39.8 Å². The molecule has 1 aliphatic heterocycles. The topological polar surface area (TPSA) is 12.5 Å². The molecule has 0 aromatic carbocycles. The van der Waals surface area contributed by atoms with E-state index >= 15 is 0 Å². The summed E-state index contributed by atoms with van der Waals surface area (Å²) in [7, 11) is -0.575. The van der Waals surface area contributed by atoms with Crippen molar-refractivity contribution in [3.8, 4) is 0 Å². The molecule has 0 aromatic heterocycles. The van der Waals surface area contributed by atoms with Crippen LogP contribution in [0.15, 0.2) is 24.0 Å². The van der Waals surface area contributed by atoms with Crippen LogP contribution in [-0.2, 0) is 4.52 Å². The van der Waals surface area contributed by atoms with Crippen molar-refractivity contribution in [1.82, 2.24) is 4.67 Å². The number of nitrogens with zero attached hydrogens (tertiary/aromatic N) is 1. The van der Waals surface area contributed by atoms with Crippen LogP contribution in [0.5, 0.6) is 0 Å². The molecule has 0 radical (unpaired) electrons. The van der Waals surface area contributed by atoms with Gasteiger partial charge in [0.2, 0.25) is 0 Å². The minimum Gasteiger partial charge on any atom is -0.335 e. The zero-order valence-electron chi connectivity index (χ0n) is 9.53. The maximum absolute atomic E-state index is 5.77. The van der Waals surface area contributed by atoms with Crippen LogP contribution in [-0.4, -0.2) is 23.4 Å². The van der Waals surface area contributed by atoms with Crippen molar-refractivity contribution in [3.63, 3.8) is 0 Å². The Morgan fingerprint density at radius 1 is 1.43 bits per heavy atom. The highest BCUT2D eigenvalue weighted by Crippen LogP contribution is 2.55. The highest BCUT2D eigenvalue weighted by atomic mass is 31.2. The molecule has 80 valence electrons. The summed E-state index contributed by atoms with van der Waals surface area (Å²) in [5, 5.41) is 1.27. The van der Waals surface area contributed by atoms with E-state index in [-0.39, 0.29) is 0 Å². The molecule has 1 rings (SSSR count). The predicted octanol–water partition coefficient (Wildman–Crippen LogP) is 3.52. The van der Waals surface area contributed by atoms with Crippen molar-refractivity contribution in [3.05, 3.63) is 24.0 Å². The molecule has 0 saturated carbocycles. The third kappa shape index (κ3) is 2.44. The standard InChI is InChI=1S/C11H20NOP/c1-6-11-7-8-13-14(11)12(9(2)3)10(4)5/h6-7,9-10H,1,8H2,2-5H3. The van der Waals surface area contributed by atoms with Gasteiger partial charge in [-0.2, -0.15) is 0 Å². The molecule has 1 aliphatic rings. The van der Waals surface area contributed by atoms with Gasteiger partial charge in [0, 0.05) is 17.4 Å². The highest BCUT2D eigenvalue weighted by Gasteiger charge is 2.29. The number of hydrogen-bond acceptors (Lipinski definition) is 2. The van der Waals surface area contributed by atoms with Gasteiger partial charge in [-0.25, -0.2) is 0 Å². The first kappa shape index (κ1) is 11.9. The van der Waals surface area contributed by atoms with Crippen LogP contribution in [0.2, 0.25) is 0 Å². The molecule has 0 fully saturated rings. The van der Waals surface area contributed by atoms with E-state index in [9.17, 15) is 0 Å². The molecule has 0 N–H and O–H groups in total. The van der Waals surface area contributed by atoms with E-state index in [0.29, 0.717) is 12.1 Å². The van der Waals surface area contributed by atoms with Crippen molar-refractivity contribution in [2.75, 3.05) is 6.61 Å². The lowest BCUT2D eigenvalue weighted by Crippen LogP contribution is -2.32. The van der Waals surface area contributed by atoms with E-state index in [2.05, 4.69) is 45.0 Å². The van der Waals surface area contributed by atoms with E-state index in [4.69, 9.17) is 4.52 Å². The van der Waals surface area contributed by atoms with Crippen LogP contribution in [0.4, 0.5) is 0 Å². The van der Waals surface area contributed by atoms with Gasteiger partial charge in [-0.3, -0.25) is 4.67 Å². The van der Waals surface area contributed by atoms with Crippen LogP contribution < -0.4 is 0 Å². The molecular formula is C11H20NOP. The Labute approximate surface area is 88.5 Å². The van der Waals surface area contributed by atoms with Gasteiger partial charge in [0.05, 0.1) is 6.61 Å². The second-order valence-corrected chi connectivity index (χ2v) is 5.75. The smallest absolute Gasteiger partial charge is 0.138 e. The zero-order valence-corrected chi connectivity index (χ0v) is 10.4. The lowest BCUT2D eigenvalue weighted by atomic mass is 10.3. The fourth-order valence-corrected chi connectivity index (χ4v) is 3.71. The first-order valence-corrected chi connectivity index (χ1v) is 6.33. The van der Waals surface area contributed by atoms with Gasteiger partial charge < -0.3 is 4.52 Å². The molecule has 3 heteroatoms. The Morgan fingerprint density at radius 2 is 2.00 bits per heavy atom. The van der Waals surface area contributed by atoms with Gasteiger partial charge in [-0.1, -0.05) is 12.7 Å². The quantitative estimate of drug-likeness (QED) is 0.662. The van der Waals surface area contributed by atoms with Crippen LogP contribution >= 0.6 is 8.30 Å². The Hall–Kier alpha value is -0.170. The van der Waals surface area contributed by atoms with E-state index in [1.807, 2.05) is 6.08 Å². The Kier molecular flexibility index (Phi) is 4.31. The van der Waals surface area contributed by atoms with E-state index in [1.165, 1.54) is 5.31 Å². The van der Waals surface area contributed by atoms with Crippen LogP contribution in [0.1, 0.15) is 27.7 Å². The van der Waals surface area contributed by atoms with Crippen molar-refractivity contribution in [1.29, 1.82) is 0 Å². The van der Waals surface area contributed by atoms with Gasteiger partial charge in [-0.05, 0) is 33.8 Å². The van der Waals surface area contributed by atoms with Crippen LogP contribution in [0, 0.1) is 0 Å². The normalized spacial score (nSPS) is 22.2. The summed E-state index contributed by atoms with van der Waals surface area (Å²) in [6, 6.07) is 1.03. The Morgan fingerprint density at radius 3 is 2.43 bits per heavy atom. The largest absolute Gasteiger partial charge is 0.335 e. The second-order valence-electron chi connectivity index (χ2n) is 3.97. The maximum atomic E-state index is 5.77. The summed E-state index contributed by atoms with van der Waals surface area (Å²) < 4.78 is 8.19. The van der Waals surface area contributed by atoms with Crippen molar-refractivity contribution in [2.24, 2.45) is 0 Å². The Bertz CT molecular complexity index is 227. The summed E-state index contributed by atoms with van der Waals surface area (Å²) in [5.41, 5.74) is 0. The molecule has 14 heavy (non-hydrogen) atoms. The molecule has 1 unspecified atom stereocenters.